The first-order valence-corrected chi connectivity index (χ1v) is 8.42. The van der Waals surface area contributed by atoms with Gasteiger partial charge in [-0.05, 0) is 24.3 Å². The number of rotatable bonds is 8. The Morgan fingerprint density at radius 1 is 0.870 bits per heavy atom. The van der Waals surface area contributed by atoms with Gasteiger partial charge in [0.05, 0.1) is 12.7 Å². The maximum absolute atomic E-state index is 11.2. The van der Waals surface area contributed by atoms with Crippen LogP contribution in [0.5, 0.6) is 0 Å². The van der Waals surface area contributed by atoms with E-state index in [2.05, 4.69) is 6.58 Å². The Kier molecular flexibility index (Phi) is 10.9. The monoisotopic (exact) mass is 364 g/mol. The molecule has 0 amide bonds. The summed E-state index contributed by atoms with van der Waals surface area (Å²) in [4.78, 5) is 44.8. The van der Waals surface area contributed by atoms with Crippen molar-refractivity contribution in [3.8, 4) is 0 Å². The van der Waals surface area contributed by atoms with Gasteiger partial charge in [-0.2, -0.15) is 0 Å². The van der Waals surface area contributed by atoms with E-state index >= 15 is 0 Å². The fourth-order valence-electron chi connectivity index (χ4n) is 1.45. The lowest BCUT2D eigenvalue weighted by atomic mass is 10.4. The van der Waals surface area contributed by atoms with Crippen molar-refractivity contribution in [1.29, 1.82) is 0 Å². The van der Waals surface area contributed by atoms with Crippen LogP contribution in [-0.2, 0) is 37.2 Å². The number of carbonyl (C=O) groups is 4. The standard InChI is InChI=1S/C13H20O8Si.H4Si/c1-9(2)13(17)18-7-6-8-22(19-10(3)14,20-11(4)15)21-12(5)16;/h1,6-8H2,2-5H3;1H4. The van der Waals surface area contributed by atoms with E-state index in [1.54, 1.807) is 0 Å². The Labute approximate surface area is 140 Å². The van der Waals surface area contributed by atoms with Gasteiger partial charge in [-0.1, -0.05) is 6.58 Å². The predicted molar refractivity (Wildman–Crippen MR) is 87.6 cm³/mol. The molecule has 0 atom stereocenters. The number of hydrogen-bond acceptors (Lipinski definition) is 8. The average Bonchev–Trinajstić information content (AvgIpc) is 2.31. The molecule has 0 aromatic heterocycles. The number of carbonyl (C=O) groups excluding carboxylic acids is 4. The molecular formula is C13H24O8Si2. The predicted octanol–water partition coefficient (Wildman–Crippen LogP) is -0.328. The summed E-state index contributed by atoms with van der Waals surface area (Å²) in [6.45, 7) is 8.22. The second-order valence-electron chi connectivity index (χ2n) is 4.48. The van der Waals surface area contributed by atoms with Gasteiger partial charge in [-0.3, -0.25) is 14.4 Å². The minimum Gasteiger partial charge on any atom is -0.462 e. The van der Waals surface area contributed by atoms with Crippen LogP contribution in [0.15, 0.2) is 12.2 Å². The summed E-state index contributed by atoms with van der Waals surface area (Å²) in [6.07, 6.45) is 0.180. The first-order valence-electron chi connectivity index (χ1n) is 6.49. The summed E-state index contributed by atoms with van der Waals surface area (Å²) in [7, 11) is -3.85. The SMILES string of the molecule is C=C(C)C(=O)OCCC[Si](OC(C)=O)(OC(C)=O)OC(C)=O.[SiH4]. The van der Waals surface area contributed by atoms with E-state index in [9.17, 15) is 19.2 Å². The van der Waals surface area contributed by atoms with Crippen molar-refractivity contribution in [2.24, 2.45) is 0 Å². The van der Waals surface area contributed by atoms with E-state index in [1.807, 2.05) is 0 Å². The second kappa shape index (κ2) is 10.7. The minimum atomic E-state index is -3.85. The summed E-state index contributed by atoms with van der Waals surface area (Å²) < 4.78 is 19.8. The molecule has 0 rings (SSSR count). The highest BCUT2D eigenvalue weighted by atomic mass is 28.4. The van der Waals surface area contributed by atoms with Crippen LogP contribution in [0.3, 0.4) is 0 Å². The molecule has 0 aliphatic carbocycles. The number of hydrogen-bond donors (Lipinski definition) is 0. The Morgan fingerprint density at radius 3 is 1.57 bits per heavy atom. The Morgan fingerprint density at radius 2 is 1.26 bits per heavy atom. The summed E-state index contributed by atoms with van der Waals surface area (Å²) >= 11 is 0. The summed E-state index contributed by atoms with van der Waals surface area (Å²) in [5.41, 5.74) is 0.239. The van der Waals surface area contributed by atoms with Crippen LogP contribution in [-0.4, -0.2) is 50.3 Å². The van der Waals surface area contributed by atoms with Crippen molar-refractivity contribution in [3.63, 3.8) is 0 Å². The van der Waals surface area contributed by atoms with Crippen LogP contribution in [0, 0.1) is 0 Å². The van der Waals surface area contributed by atoms with Gasteiger partial charge in [-0.25, -0.2) is 4.79 Å². The smallest absolute Gasteiger partial charge is 0.462 e. The molecule has 0 aliphatic rings. The van der Waals surface area contributed by atoms with Crippen LogP contribution in [0.4, 0.5) is 0 Å². The molecule has 0 heterocycles. The van der Waals surface area contributed by atoms with Crippen molar-refractivity contribution in [2.75, 3.05) is 6.61 Å². The normalized spacial score (nSPS) is 9.91. The lowest BCUT2D eigenvalue weighted by Crippen LogP contribution is -2.49. The highest BCUT2D eigenvalue weighted by molar-refractivity contribution is 6.65. The third-order valence-electron chi connectivity index (χ3n) is 2.11. The summed E-state index contributed by atoms with van der Waals surface area (Å²) in [5, 5.41) is 0. The highest BCUT2D eigenvalue weighted by Crippen LogP contribution is 2.19. The van der Waals surface area contributed by atoms with Crippen molar-refractivity contribution in [2.45, 2.75) is 40.2 Å². The van der Waals surface area contributed by atoms with Crippen molar-refractivity contribution in [1.82, 2.24) is 0 Å². The van der Waals surface area contributed by atoms with Crippen LogP contribution in [0.25, 0.3) is 0 Å². The van der Waals surface area contributed by atoms with Gasteiger partial charge in [0.15, 0.2) is 0 Å². The van der Waals surface area contributed by atoms with Crippen LogP contribution >= 0.6 is 0 Å². The fraction of sp³-hybridized carbons (Fsp3) is 0.538. The number of esters is 1. The Bertz CT molecular complexity index is 434. The second-order valence-corrected chi connectivity index (χ2v) is 6.96. The number of ether oxygens (including phenoxy) is 1. The molecule has 0 saturated carbocycles. The molecule has 0 aliphatic heterocycles. The average molecular weight is 364 g/mol. The van der Waals surface area contributed by atoms with Crippen LogP contribution in [0.1, 0.15) is 34.1 Å². The van der Waals surface area contributed by atoms with Gasteiger partial charge >= 0.3 is 14.8 Å². The molecule has 10 heteroatoms. The third kappa shape index (κ3) is 10.4. The molecule has 0 unspecified atom stereocenters. The maximum Gasteiger partial charge on any atom is 0.705 e. The first kappa shape index (κ1) is 23.3. The zero-order valence-corrected chi connectivity index (χ0v) is 14.1. The molecule has 23 heavy (non-hydrogen) atoms. The van der Waals surface area contributed by atoms with Crippen molar-refractivity contribution >= 4 is 43.6 Å². The quantitative estimate of drug-likeness (QED) is 0.250. The van der Waals surface area contributed by atoms with E-state index in [-0.39, 0.29) is 35.6 Å². The zero-order valence-electron chi connectivity index (χ0n) is 13.1. The highest BCUT2D eigenvalue weighted by Gasteiger charge is 2.51. The largest absolute Gasteiger partial charge is 0.705 e. The zero-order chi connectivity index (χ0) is 17.3. The van der Waals surface area contributed by atoms with E-state index in [1.165, 1.54) is 6.92 Å². The molecule has 0 saturated heterocycles. The molecule has 0 fully saturated rings. The van der Waals surface area contributed by atoms with Crippen LogP contribution in [0.2, 0.25) is 6.04 Å². The van der Waals surface area contributed by atoms with Crippen molar-refractivity contribution in [3.05, 3.63) is 12.2 Å². The molecule has 0 spiro atoms. The Hall–Kier alpha value is -1.95. The molecular weight excluding hydrogens is 340 g/mol. The van der Waals surface area contributed by atoms with Crippen molar-refractivity contribution < 1.29 is 37.2 Å². The van der Waals surface area contributed by atoms with Gasteiger partial charge in [0.2, 0.25) is 0 Å². The molecule has 0 aromatic carbocycles. The van der Waals surface area contributed by atoms with Gasteiger partial charge in [0.25, 0.3) is 17.9 Å². The lowest BCUT2D eigenvalue weighted by molar-refractivity contribution is -0.148. The molecule has 132 valence electrons. The van der Waals surface area contributed by atoms with E-state index < -0.39 is 32.7 Å². The molecule has 0 N–H and O–H groups in total. The van der Waals surface area contributed by atoms with E-state index in [0.717, 1.165) is 20.8 Å². The molecule has 8 nitrogen and oxygen atoms in total. The molecule has 0 bridgehead atoms. The van der Waals surface area contributed by atoms with Crippen LogP contribution < -0.4 is 0 Å². The van der Waals surface area contributed by atoms with Gasteiger partial charge < -0.3 is 18.0 Å². The van der Waals surface area contributed by atoms with Gasteiger partial charge in [0.1, 0.15) is 0 Å². The van der Waals surface area contributed by atoms with E-state index in [4.69, 9.17) is 18.0 Å². The Balaban J connectivity index is 0. The molecule has 0 aromatic rings. The summed E-state index contributed by atoms with van der Waals surface area (Å²) in [6, 6.07) is -0.0464. The van der Waals surface area contributed by atoms with Gasteiger partial charge in [-0.15, -0.1) is 0 Å². The minimum absolute atomic E-state index is 0. The summed E-state index contributed by atoms with van der Waals surface area (Å²) in [5.74, 6) is -2.80. The fourth-order valence-corrected chi connectivity index (χ4v) is 3.77. The lowest BCUT2D eigenvalue weighted by Gasteiger charge is -2.26. The third-order valence-corrected chi connectivity index (χ3v) is 4.87. The van der Waals surface area contributed by atoms with Gasteiger partial charge in [0, 0.05) is 26.3 Å². The maximum atomic E-state index is 11.2. The van der Waals surface area contributed by atoms with E-state index in [0.29, 0.717) is 0 Å². The molecule has 0 radical (unpaired) electrons. The first-order chi connectivity index (χ1) is 10.1. The topological polar surface area (TPSA) is 105 Å².